The summed E-state index contributed by atoms with van der Waals surface area (Å²) >= 11 is 0. The quantitative estimate of drug-likeness (QED) is 0.142. The van der Waals surface area contributed by atoms with Crippen molar-refractivity contribution in [2.75, 3.05) is 0 Å². The lowest BCUT2D eigenvalue weighted by atomic mass is 9.81. The molecule has 1 aliphatic carbocycles. The summed E-state index contributed by atoms with van der Waals surface area (Å²) in [6, 6.07) is 109. The Bertz CT molecular complexity index is 5300. The second kappa shape index (κ2) is 20.4. The number of nitrogens with zero attached hydrogens (tertiary/aromatic N) is 4. The lowest BCUT2D eigenvalue weighted by Crippen LogP contribution is -2.20. The van der Waals surface area contributed by atoms with E-state index in [-0.39, 0.29) is 0 Å². The van der Waals surface area contributed by atoms with E-state index >= 15 is 0 Å². The van der Waals surface area contributed by atoms with E-state index in [0.29, 0.717) is 5.56 Å². The Morgan fingerprint density at radius 1 is 0.256 bits per heavy atom. The summed E-state index contributed by atoms with van der Waals surface area (Å²) < 4.78 is 7.53. The second-order valence-electron chi connectivity index (χ2n) is 25.8. The van der Waals surface area contributed by atoms with Gasteiger partial charge in [-0.25, -0.2) is 0 Å². The van der Waals surface area contributed by atoms with Gasteiger partial charge in [0, 0.05) is 32.3 Å². The van der Waals surface area contributed by atoms with Crippen LogP contribution in [0.3, 0.4) is 0 Å². The van der Waals surface area contributed by atoms with Crippen molar-refractivity contribution in [1.29, 1.82) is 5.26 Å². The zero-order valence-corrected chi connectivity index (χ0v) is 50.7. The van der Waals surface area contributed by atoms with Gasteiger partial charge in [-0.05, 0) is 168 Å². The van der Waals surface area contributed by atoms with Crippen LogP contribution >= 0.6 is 0 Å². The molecule has 0 saturated carbocycles. The van der Waals surface area contributed by atoms with Gasteiger partial charge in [-0.15, -0.1) is 0 Å². The predicted molar refractivity (Wildman–Crippen MR) is 377 cm³/mol. The largest absolute Gasteiger partial charge is 0.308 e. The standard InChI is InChI=1S/C86H62N4/c1-85(2)54-86(3,4)81-80(85)82(88-74-41-35-61(55-23-11-5-12-24-55)47-67(74)68-48-62(36-42-75(68)88)56-25-13-6-14-26-56)73(53-87)83(89-76-43-37-63(57-27-15-7-16-28-57)49-69(76)70-50-64(38-44-77(70)89)58-29-17-8-18-30-58)84(81)90-78-45-39-65(59-31-19-9-20-32-59)51-71(78)72-52-66(40-46-79(72)90)60-33-21-10-22-34-60/h5-52H,54H2,1-4H3. The summed E-state index contributed by atoms with van der Waals surface area (Å²) in [6.07, 6.45) is 0.846. The van der Waals surface area contributed by atoms with Crippen molar-refractivity contribution in [3.05, 3.63) is 308 Å². The molecule has 13 aromatic carbocycles. The molecule has 426 valence electrons. The lowest BCUT2D eigenvalue weighted by molar-refractivity contribution is 0.402. The van der Waals surface area contributed by atoms with Crippen LogP contribution in [0.4, 0.5) is 0 Å². The van der Waals surface area contributed by atoms with Crippen LogP contribution < -0.4 is 0 Å². The molecule has 0 aliphatic heterocycles. The predicted octanol–water partition coefficient (Wildman–Crippen LogP) is 22.8. The van der Waals surface area contributed by atoms with Crippen molar-refractivity contribution in [2.45, 2.75) is 44.9 Å². The molecule has 1 aliphatic rings. The second-order valence-corrected chi connectivity index (χ2v) is 25.8. The molecule has 0 N–H and O–H groups in total. The van der Waals surface area contributed by atoms with Crippen molar-refractivity contribution in [3.63, 3.8) is 0 Å². The molecule has 0 bridgehead atoms. The van der Waals surface area contributed by atoms with Gasteiger partial charge < -0.3 is 13.7 Å². The van der Waals surface area contributed by atoms with Crippen molar-refractivity contribution >= 4 is 65.4 Å². The molecule has 0 spiro atoms. The van der Waals surface area contributed by atoms with Crippen molar-refractivity contribution in [3.8, 4) is 89.9 Å². The van der Waals surface area contributed by atoms with Crippen LogP contribution in [-0.2, 0) is 10.8 Å². The van der Waals surface area contributed by atoms with E-state index in [9.17, 15) is 5.26 Å². The molecule has 4 heteroatoms. The van der Waals surface area contributed by atoms with Crippen LogP contribution in [0.25, 0.3) is 149 Å². The van der Waals surface area contributed by atoms with E-state index in [2.05, 4.69) is 339 Å². The van der Waals surface area contributed by atoms with Gasteiger partial charge in [-0.1, -0.05) is 246 Å². The van der Waals surface area contributed by atoms with Crippen molar-refractivity contribution in [1.82, 2.24) is 13.7 Å². The molecule has 17 rings (SSSR count). The molecule has 0 fully saturated rings. The first-order valence-electron chi connectivity index (χ1n) is 31.3. The molecule has 0 amide bonds. The van der Waals surface area contributed by atoms with Crippen LogP contribution in [0.5, 0.6) is 0 Å². The minimum absolute atomic E-state index is 0.415. The molecule has 3 heterocycles. The normalized spacial score (nSPS) is 13.5. The van der Waals surface area contributed by atoms with Crippen molar-refractivity contribution in [2.24, 2.45) is 0 Å². The summed E-state index contributed by atoms with van der Waals surface area (Å²) in [4.78, 5) is 0. The van der Waals surface area contributed by atoms with Crippen molar-refractivity contribution < 1.29 is 0 Å². The fourth-order valence-corrected chi connectivity index (χ4v) is 15.7. The van der Waals surface area contributed by atoms with Gasteiger partial charge in [-0.3, -0.25) is 0 Å². The summed E-state index contributed by atoms with van der Waals surface area (Å²) in [5.41, 5.74) is 25.1. The maximum Gasteiger partial charge on any atom is 0.104 e. The van der Waals surface area contributed by atoms with Gasteiger partial charge in [-0.2, -0.15) is 5.26 Å². The number of hydrogen-bond acceptors (Lipinski definition) is 1. The third-order valence-electron chi connectivity index (χ3n) is 19.4. The number of aromatic nitrogens is 3. The molecule has 16 aromatic rings. The highest BCUT2D eigenvalue weighted by atomic mass is 15.1. The van der Waals surface area contributed by atoms with E-state index in [0.717, 1.165) is 156 Å². The zero-order chi connectivity index (χ0) is 60.4. The van der Waals surface area contributed by atoms with Gasteiger partial charge in [0.1, 0.15) is 11.6 Å². The maximum atomic E-state index is 13.1. The Labute approximate surface area is 524 Å². The fraction of sp³-hybridized carbons (Fsp3) is 0.0814. The first-order chi connectivity index (χ1) is 44.1. The average molecular weight is 1150 g/mol. The fourth-order valence-electron chi connectivity index (χ4n) is 15.7. The molecule has 0 unspecified atom stereocenters. The molecule has 3 aromatic heterocycles. The highest BCUT2D eigenvalue weighted by Crippen LogP contribution is 2.59. The highest BCUT2D eigenvalue weighted by molar-refractivity contribution is 6.16. The van der Waals surface area contributed by atoms with E-state index in [1.54, 1.807) is 0 Å². The number of nitriles is 1. The van der Waals surface area contributed by atoms with Crippen LogP contribution in [0.15, 0.2) is 291 Å². The van der Waals surface area contributed by atoms with Crippen LogP contribution in [0.2, 0.25) is 0 Å². The zero-order valence-electron chi connectivity index (χ0n) is 50.7. The number of benzene rings is 13. The summed E-state index contributed by atoms with van der Waals surface area (Å²) in [5, 5.41) is 19.9. The Hall–Kier alpha value is -11.3. The van der Waals surface area contributed by atoms with Gasteiger partial charge >= 0.3 is 0 Å². The molecular weight excluding hydrogens is 1090 g/mol. The first-order valence-corrected chi connectivity index (χ1v) is 31.3. The molecule has 0 radical (unpaired) electrons. The number of fused-ring (bicyclic) bond motifs is 10. The van der Waals surface area contributed by atoms with E-state index < -0.39 is 10.8 Å². The minimum Gasteiger partial charge on any atom is -0.308 e. The molecule has 90 heavy (non-hydrogen) atoms. The third kappa shape index (κ3) is 8.27. The Morgan fingerprint density at radius 2 is 0.467 bits per heavy atom. The maximum absolute atomic E-state index is 13.1. The summed E-state index contributed by atoms with van der Waals surface area (Å²) in [6.45, 7) is 9.74. The van der Waals surface area contributed by atoms with Crippen LogP contribution in [0.1, 0.15) is 50.8 Å². The first kappa shape index (κ1) is 53.0. The summed E-state index contributed by atoms with van der Waals surface area (Å²) in [5.74, 6) is 0. The number of hydrogen-bond donors (Lipinski definition) is 0. The van der Waals surface area contributed by atoms with Gasteiger partial charge in [0.15, 0.2) is 0 Å². The smallest absolute Gasteiger partial charge is 0.104 e. The molecule has 0 atom stereocenters. The molecule has 4 nitrogen and oxygen atoms in total. The highest BCUT2D eigenvalue weighted by Gasteiger charge is 2.49. The SMILES string of the molecule is CC1(C)CC(C)(C)c2c(-n3c4ccc(-c5ccccc5)cc4c4cc(-c5ccccc5)ccc43)c(-n3c4ccc(-c5ccccc5)cc4c4cc(-c5ccccc5)ccc43)c(C#N)c(-n3c4ccc(-c5ccccc5)cc4c4cc(-c5ccccc5)ccc43)c21. The Morgan fingerprint density at radius 3 is 0.700 bits per heavy atom. The molecule has 0 saturated heterocycles. The third-order valence-corrected chi connectivity index (χ3v) is 19.4. The van der Waals surface area contributed by atoms with Crippen LogP contribution in [-0.4, -0.2) is 13.7 Å². The minimum atomic E-state index is -0.417. The average Bonchev–Trinajstić information content (AvgIpc) is 1.51. The van der Waals surface area contributed by atoms with Gasteiger partial charge in [0.05, 0.1) is 50.2 Å². The van der Waals surface area contributed by atoms with Gasteiger partial charge in [0.2, 0.25) is 0 Å². The topological polar surface area (TPSA) is 38.6 Å². The monoisotopic (exact) mass is 1150 g/mol. The Balaban J connectivity index is 1.08. The molecular formula is C86H62N4. The van der Waals surface area contributed by atoms with E-state index in [1.165, 1.54) is 11.1 Å². The van der Waals surface area contributed by atoms with E-state index in [4.69, 9.17) is 0 Å². The Kier molecular flexibility index (Phi) is 12.0. The lowest BCUT2D eigenvalue weighted by Gasteiger charge is -2.31. The summed E-state index contributed by atoms with van der Waals surface area (Å²) in [7, 11) is 0. The number of rotatable bonds is 9. The van der Waals surface area contributed by atoms with Gasteiger partial charge in [0.25, 0.3) is 0 Å². The van der Waals surface area contributed by atoms with Crippen LogP contribution in [0, 0.1) is 11.3 Å². The van der Waals surface area contributed by atoms with E-state index in [1.807, 2.05) is 0 Å².